The van der Waals surface area contributed by atoms with Crippen molar-refractivity contribution in [2.45, 2.75) is 0 Å². The molecule has 0 amide bonds. The number of rotatable bonds is 1. The maximum absolute atomic E-state index is 4.73. The summed E-state index contributed by atoms with van der Waals surface area (Å²) >= 11 is 0. The Balaban J connectivity index is 2.48. The molecule has 2 heterocycles. The molecule has 0 aliphatic heterocycles. The summed E-state index contributed by atoms with van der Waals surface area (Å²) in [6.45, 7) is 0. The largest absolute Gasteiger partial charge is 0.359 e. The van der Waals surface area contributed by atoms with Gasteiger partial charge in [0.15, 0.2) is 6.20 Å². The summed E-state index contributed by atoms with van der Waals surface area (Å²) in [5, 5.41) is 6.69. The van der Waals surface area contributed by atoms with Crippen molar-refractivity contribution in [1.29, 1.82) is 0 Å². The van der Waals surface area contributed by atoms with Crippen LogP contribution in [-0.2, 0) is 0 Å². The fraction of sp³-hybridized carbons (Fsp3) is 0. The van der Waals surface area contributed by atoms with E-state index in [1.165, 1.54) is 0 Å². The van der Waals surface area contributed by atoms with E-state index >= 15 is 0 Å². The van der Waals surface area contributed by atoms with E-state index < -0.39 is 0 Å². The first kappa shape index (κ1) is 5.22. The molecule has 4 nitrogen and oxygen atoms in total. The van der Waals surface area contributed by atoms with E-state index in [-0.39, 0.29) is 0 Å². The zero-order chi connectivity index (χ0) is 6.81. The van der Waals surface area contributed by atoms with E-state index in [1.807, 2.05) is 12.1 Å². The van der Waals surface area contributed by atoms with Crippen molar-refractivity contribution in [3.8, 4) is 11.5 Å². The predicted molar refractivity (Wildman–Crippen MR) is 32.9 cm³/mol. The van der Waals surface area contributed by atoms with Crippen molar-refractivity contribution in [3.63, 3.8) is 0 Å². The number of H-pyrrole nitrogens is 1. The summed E-state index contributed by atoms with van der Waals surface area (Å²) < 4.78 is 4.73. The minimum Gasteiger partial charge on any atom is -0.359 e. The number of aromatic amines is 1. The maximum atomic E-state index is 4.73. The monoisotopic (exact) mass is 134 g/mol. The van der Waals surface area contributed by atoms with E-state index in [0.29, 0.717) is 5.76 Å². The van der Waals surface area contributed by atoms with Crippen LogP contribution in [0, 0.1) is 6.20 Å². The zero-order valence-corrected chi connectivity index (χ0v) is 5.03. The van der Waals surface area contributed by atoms with Gasteiger partial charge in [-0.1, -0.05) is 0 Å². The smallest absolute Gasteiger partial charge is 0.213 e. The van der Waals surface area contributed by atoms with Crippen molar-refractivity contribution < 1.29 is 4.52 Å². The van der Waals surface area contributed by atoms with Gasteiger partial charge in [0.05, 0.1) is 5.69 Å². The van der Waals surface area contributed by atoms with Gasteiger partial charge in [-0.15, -0.1) is 5.10 Å². The molecule has 0 saturated carbocycles. The van der Waals surface area contributed by atoms with Crippen molar-refractivity contribution in [3.05, 3.63) is 24.5 Å². The first-order valence-corrected chi connectivity index (χ1v) is 2.80. The van der Waals surface area contributed by atoms with Crippen LogP contribution in [0.15, 0.2) is 22.9 Å². The molecule has 0 saturated heterocycles. The number of nitrogens with one attached hydrogen (secondary N) is 1. The van der Waals surface area contributed by atoms with Crippen LogP contribution in [0.1, 0.15) is 0 Å². The van der Waals surface area contributed by atoms with Gasteiger partial charge in [0.2, 0.25) is 5.76 Å². The average Bonchev–Trinajstić information content (AvgIpc) is 2.59. The molecule has 4 heteroatoms. The standard InChI is InChI=1S/C6H4N3O/c1-2-5(7-3-1)6-4-8-9-10-6/h1-3,7H. The molecule has 0 fully saturated rings. The molecule has 0 aliphatic carbocycles. The van der Waals surface area contributed by atoms with Crippen LogP contribution in [0.3, 0.4) is 0 Å². The third-order valence-electron chi connectivity index (χ3n) is 1.17. The Morgan fingerprint density at radius 1 is 1.60 bits per heavy atom. The Kier molecular flexibility index (Phi) is 1.04. The van der Waals surface area contributed by atoms with Crippen LogP contribution in [0.5, 0.6) is 0 Å². The Hall–Kier alpha value is -1.58. The van der Waals surface area contributed by atoms with Gasteiger partial charge in [-0.25, -0.2) is 0 Å². The lowest BCUT2D eigenvalue weighted by molar-refractivity contribution is 0.403. The summed E-state index contributed by atoms with van der Waals surface area (Å²) in [5.74, 6) is 0.532. The Labute approximate surface area is 56.9 Å². The second kappa shape index (κ2) is 1.98. The lowest BCUT2D eigenvalue weighted by atomic mass is 10.4. The Morgan fingerprint density at radius 2 is 2.60 bits per heavy atom. The van der Waals surface area contributed by atoms with Gasteiger partial charge in [0, 0.05) is 11.5 Å². The zero-order valence-electron chi connectivity index (χ0n) is 5.03. The van der Waals surface area contributed by atoms with Crippen molar-refractivity contribution in [2.24, 2.45) is 0 Å². The topological polar surface area (TPSA) is 54.7 Å². The molecule has 0 aliphatic rings. The van der Waals surface area contributed by atoms with Gasteiger partial charge in [-0.2, -0.15) is 0 Å². The second-order valence-corrected chi connectivity index (χ2v) is 1.80. The quantitative estimate of drug-likeness (QED) is 0.629. The normalized spacial score (nSPS) is 10.0. The Morgan fingerprint density at radius 3 is 3.20 bits per heavy atom. The van der Waals surface area contributed by atoms with Crippen LogP contribution in [-0.4, -0.2) is 15.4 Å². The molecule has 0 atom stereocenters. The molecule has 0 aromatic carbocycles. The van der Waals surface area contributed by atoms with Crippen LogP contribution >= 0.6 is 0 Å². The van der Waals surface area contributed by atoms with E-state index in [4.69, 9.17) is 4.52 Å². The molecule has 1 N–H and O–H groups in total. The SMILES string of the molecule is [c]1nnoc1-c1ccc[nH]1. The highest BCUT2D eigenvalue weighted by molar-refractivity contribution is 5.48. The third kappa shape index (κ3) is 0.699. The van der Waals surface area contributed by atoms with E-state index in [2.05, 4.69) is 21.6 Å². The van der Waals surface area contributed by atoms with E-state index in [9.17, 15) is 0 Å². The highest BCUT2D eigenvalue weighted by atomic mass is 16.5. The highest BCUT2D eigenvalue weighted by Gasteiger charge is 2.01. The third-order valence-corrected chi connectivity index (χ3v) is 1.17. The molecule has 49 valence electrons. The summed E-state index contributed by atoms with van der Waals surface area (Å²) in [7, 11) is 0. The van der Waals surface area contributed by atoms with Crippen LogP contribution in [0.2, 0.25) is 0 Å². The lowest BCUT2D eigenvalue weighted by Gasteiger charge is -1.82. The van der Waals surface area contributed by atoms with Crippen molar-refractivity contribution >= 4 is 0 Å². The summed E-state index contributed by atoms with van der Waals surface area (Å²) in [6.07, 6.45) is 4.38. The van der Waals surface area contributed by atoms with Gasteiger partial charge in [-0.3, -0.25) is 0 Å². The number of nitrogens with zero attached hydrogens (tertiary/aromatic N) is 2. The van der Waals surface area contributed by atoms with E-state index in [0.717, 1.165) is 5.69 Å². The average molecular weight is 134 g/mol. The molecule has 1 radical (unpaired) electrons. The predicted octanol–water partition coefficient (Wildman–Crippen LogP) is 0.865. The van der Waals surface area contributed by atoms with Crippen molar-refractivity contribution in [1.82, 2.24) is 15.4 Å². The number of hydrogen-bond acceptors (Lipinski definition) is 3. The van der Waals surface area contributed by atoms with Gasteiger partial charge >= 0.3 is 0 Å². The maximum Gasteiger partial charge on any atom is 0.213 e. The fourth-order valence-electron chi connectivity index (χ4n) is 0.728. The summed E-state index contributed by atoms with van der Waals surface area (Å²) in [5.41, 5.74) is 0.838. The number of hydrogen-bond donors (Lipinski definition) is 1. The summed E-state index contributed by atoms with van der Waals surface area (Å²) in [6, 6.07) is 3.73. The molecule has 0 unspecified atom stereocenters. The first-order chi connectivity index (χ1) is 4.97. The molecule has 2 aromatic rings. The van der Waals surface area contributed by atoms with Crippen LogP contribution in [0.4, 0.5) is 0 Å². The molecule has 0 spiro atoms. The molecular formula is C6H4N3O. The Bertz CT molecular complexity index is 252. The molecule has 2 rings (SSSR count). The number of aromatic nitrogens is 3. The lowest BCUT2D eigenvalue weighted by Crippen LogP contribution is -1.69. The first-order valence-electron chi connectivity index (χ1n) is 2.80. The van der Waals surface area contributed by atoms with Gasteiger partial charge < -0.3 is 9.51 Å². The minimum atomic E-state index is 0.532. The van der Waals surface area contributed by atoms with E-state index in [1.54, 1.807) is 6.20 Å². The van der Waals surface area contributed by atoms with Crippen LogP contribution in [0.25, 0.3) is 11.5 Å². The molecule has 2 aromatic heterocycles. The molecular weight excluding hydrogens is 130 g/mol. The molecule has 0 bridgehead atoms. The fourth-order valence-corrected chi connectivity index (χ4v) is 0.728. The van der Waals surface area contributed by atoms with Crippen molar-refractivity contribution in [2.75, 3.05) is 0 Å². The van der Waals surface area contributed by atoms with Crippen LogP contribution < -0.4 is 0 Å². The summed E-state index contributed by atoms with van der Waals surface area (Å²) in [4.78, 5) is 2.93. The molecule has 10 heavy (non-hydrogen) atoms. The van der Waals surface area contributed by atoms with Gasteiger partial charge in [0.1, 0.15) is 0 Å². The second-order valence-electron chi connectivity index (χ2n) is 1.80. The highest BCUT2D eigenvalue weighted by Crippen LogP contribution is 2.12. The minimum absolute atomic E-state index is 0.532. The van der Waals surface area contributed by atoms with Gasteiger partial charge in [-0.05, 0) is 12.1 Å². The van der Waals surface area contributed by atoms with Gasteiger partial charge in [0.25, 0.3) is 0 Å².